The van der Waals surface area contributed by atoms with Crippen molar-refractivity contribution in [2.45, 2.75) is 12.8 Å². The summed E-state index contributed by atoms with van der Waals surface area (Å²) in [7, 11) is 0. The lowest BCUT2D eigenvalue weighted by Gasteiger charge is -1.98. The minimum Gasteiger partial charge on any atom is -0.399 e. The third-order valence-electron chi connectivity index (χ3n) is 2.89. The van der Waals surface area contributed by atoms with Crippen LogP contribution in [0.4, 0.5) is 5.69 Å². The minimum absolute atomic E-state index is 0.486. The maximum Gasteiger partial charge on any atom is 0.227 e. The van der Waals surface area contributed by atoms with Crippen molar-refractivity contribution in [1.82, 2.24) is 20.1 Å². The molecule has 0 bridgehead atoms. The van der Waals surface area contributed by atoms with Gasteiger partial charge >= 0.3 is 0 Å². The molecule has 100 valence electrons. The Morgan fingerprint density at radius 1 is 1.05 bits per heavy atom. The monoisotopic (exact) mass is 267 g/mol. The molecule has 0 unspecified atom stereocenters. The van der Waals surface area contributed by atoms with Crippen LogP contribution in [-0.2, 0) is 12.8 Å². The van der Waals surface area contributed by atoms with E-state index in [2.05, 4.69) is 20.1 Å². The van der Waals surface area contributed by atoms with E-state index in [0.717, 1.165) is 12.1 Å². The highest BCUT2D eigenvalue weighted by molar-refractivity contribution is 5.46. The van der Waals surface area contributed by atoms with Crippen molar-refractivity contribution >= 4 is 5.69 Å². The quantitative estimate of drug-likeness (QED) is 0.726. The van der Waals surface area contributed by atoms with Gasteiger partial charge in [-0.2, -0.15) is 4.98 Å². The first-order valence-electron chi connectivity index (χ1n) is 6.24. The SMILES string of the molecule is Nc1ccc(CCc2nc(-c3ccncn3)no2)cc1. The fourth-order valence-electron chi connectivity index (χ4n) is 1.82. The summed E-state index contributed by atoms with van der Waals surface area (Å²) in [4.78, 5) is 12.3. The fourth-order valence-corrected chi connectivity index (χ4v) is 1.82. The number of hydrogen-bond acceptors (Lipinski definition) is 6. The molecule has 0 amide bonds. The summed E-state index contributed by atoms with van der Waals surface area (Å²) in [5, 5.41) is 3.92. The number of benzene rings is 1. The summed E-state index contributed by atoms with van der Waals surface area (Å²) in [6.45, 7) is 0. The number of aryl methyl sites for hydroxylation is 2. The fraction of sp³-hybridized carbons (Fsp3) is 0.143. The van der Waals surface area contributed by atoms with Gasteiger partial charge in [0.15, 0.2) is 0 Å². The lowest BCUT2D eigenvalue weighted by molar-refractivity contribution is 0.379. The molecule has 6 heteroatoms. The van der Waals surface area contributed by atoms with Gasteiger partial charge in [0, 0.05) is 18.3 Å². The van der Waals surface area contributed by atoms with E-state index in [9.17, 15) is 0 Å². The molecule has 20 heavy (non-hydrogen) atoms. The van der Waals surface area contributed by atoms with E-state index < -0.39 is 0 Å². The zero-order valence-electron chi connectivity index (χ0n) is 10.7. The highest BCUT2D eigenvalue weighted by Gasteiger charge is 2.09. The van der Waals surface area contributed by atoms with Gasteiger partial charge in [-0.25, -0.2) is 9.97 Å². The maximum atomic E-state index is 5.65. The maximum absolute atomic E-state index is 5.65. The van der Waals surface area contributed by atoms with Crippen LogP contribution in [0.2, 0.25) is 0 Å². The Labute approximate surface area is 115 Å². The zero-order valence-corrected chi connectivity index (χ0v) is 10.7. The van der Waals surface area contributed by atoms with E-state index in [-0.39, 0.29) is 0 Å². The van der Waals surface area contributed by atoms with E-state index in [4.69, 9.17) is 10.3 Å². The van der Waals surface area contributed by atoms with Crippen molar-refractivity contribution in [3.8, 4) is 11.5 Å². The van der Waals surface area contributed by atoms with Crippen molar-refractivity contribution in [1.29, 1.82) is 0 Å². The van der Waals surface area contributed by atoms with Gasteiger partial charge in [-0.05, 0) is 30.2 Å². The van der Waals surface area contributed by atoms with Gasteiger partial charge in [0.05, 0.1) is 0 Å². The molecule has 0 atom stereocenters. The molecule has 0 aliphatic heterocycles. The van der Waals surface area contributed by atoms with Crippen LogP contribution in [0.1, 0.15) is 11.5 Å². The van der Waals surface area contributed by atoms with Crippen molar-refractivity contribution in [3.05, 3.63) is 54.3 Å². The molecular weight excluding hydrogens is 254 g/mol. The highest BCUT2D eigenvalue weighted by Crippen LogP contribution is 2.13. The first-order chi connectivity index (χ1) is 9.81. The molecule has 3 aromatic rings. The second-order valence-corrected chi connectivity index (χ2v) is 4.35. The summed E-state index contributed by atoms with van der Waals surface area (Å²) >= 11 is 0. The Hall–Kier alpha value is -2.76. The van der Waals surface area contributed by atoms with Gasteiger partial charge in [-0.15, -0.1) is 0 Å². The predicted molar refractivity (Wildman–Crippen MR) is 73.6 cm³/mol. The molecule has 0 spiro atoms. The number of anilines is 1. The van der Waals surface area contributed by atoms with Gasteiger partial charge in [0.2, 0.25) is 11.7 Å². The average Bonchev–Trinajstić information content (AvgIpc) is 2.97. The average molecular weight is 267 g/mol. The van der Waals surface area contributed by atoms with Crippen LogP contribution in [0.3, 0.4) is 0 Å². The molecule has 1 aromatic carbocycles. The third-order valence-corrected chi connectivity index (χ3v) is 2.89. The van der Waals surface area contributed by atoms with Crippen LogP contribution < -0.4 is 5.73 Å². The van der Waals surface area contributed by atoms with E-state index >= 15 is 0 Å². The summed E-state index contributed by atoms with van der Waals surface area (Å²) in [5.74, 6) is 1.08. The number of nitrogen functional groups attached to an aromatic ring is 1. The topological polar surface area (TPSA) is 90.7 Å². The largest absolute Gasteiger partial charge is 0.399 e. The molecule has 0 saturated carbocycles. The van der Waals surface area contributed by atoms with Crippen molar-refractivity contribution in [2.75, 3.05) is 5.73 Å². The molecule has 2 N–H and O–H groups in total. The molecule has 2 heterocycles. The van der Waals surface area contributed by atoms with E-state index in [1.54, 1.807) is 12.3 Å². The Bertz CT molecular complexity index is 678. The van der Waals surface area contributed by atoms with E-state index in [1.807, 2.05) is 24.3 Å². The van der Waals surface area contributed by atoms with Gasteiger partial charge < -0.3 is 10.3 Å². The second kappa shape index (κ2) is 5.48. The molecule has 3 rings (SSSR count). The van der Waals surface area contributed by atoms with Crippen molar-refractivity contribution < 1.29 is 4.52 Å². The lowest BCUT2D eigenvalue weighted by atomic mass is 10.1. The van der Waals surface area contributed by atoms with Gasteiger partial charge in [-0.3, -0.25) is 0 Å². The van der Waals surface area contributed by atoms with Crippen LogP contribution >= 0.6 is 0 Å². The number of aromatic nitrogens is 4. The number of hydrogen-bond donors (Lipinski definition) is 1. The Morgan fingerprint density at radius 3 is 2.65 bits per heavy atom. The Morgan fingerprint density at radius 2 is 1.90 bits per heavy atom. The molecule has 0 radical (unpaired) electrons. The molecule has 0 aliphatic carbocycles. The molecule has 0 fully saturated rings. The number of nitrogens with two attached hydrogens (primary N) is 1. The Balaban J connectivity index is 1.67. The van der Waals surface area contributed by atoms with Crippen LogP contribution in [-0.4, -0.2) is 20.1 Å². The first-order valence-corrected chi connectivity index (χ1v) is 6.24. The van der Waals surface area contributed by atoms with Crippen molar-refractivity contribution in [2.24, 2.45) is 0 Å². The van der Waals surface area contributed by atoms with Gasteiger partial charge in [-0.1, -0.05) is 17.3 Å². The van der Waals surface area contributed by atoms with E-state index in [1.165, 1.54) is 11.9 Å². The standard InChI is InChI=1S/C14H13N5O/c15-11-4-1-10(2-5-11)3-6-13-18-14(19-20-13)12-7-8-16-9-17-12/h1-2,4-5,7-9H,3,6,15H2. The summed E-state index contributed by atoms with van der Waals surface area (Å²) < 4.78 is 5.22. The van der Waals surface area contributed by atoms with Crippen LogP contribution in [0, 0.1) is 0 Å². The van der Waals surface area contributed by atoms with Crippen LogP contribution in [0.25, 0.3) is 11.5 Å². The highest BCUT2D eigenvalue weighted by atomic mass is 16.5. The predicted octanol–water partition coefficient (Wildman–Crippen LogP) is 1.89. The van der Waals surface area contributed by atoms with Crippen molar-refractivity contribution in [3.63, 3.8) is 0 Å². The van der Waals surface area contributed by atoms with Gasteiger partial charge in [0.25, 0.3) is 0 Å². The normalized spacial score (nSPS) is 10.6. The Kier molecular flexibility index (Phi) is 3.36. The first kappa shape index (κ1) is 12.3. The summed E-state index contributed by atoms with van der Waals surface area (Å²) in [6, 6.07) is 9.51. The summed E-state index contributed by atoms with van der Waals surface area (Å²) in [5.41, 5.74) is 8.25. The smallest absolute Gasteiger partial charge is 0.227 e. The van der Waals surface area contributed by atoms with E-state index in [0.29, 0.717) is 23.8 Å². The summed E-state index contributed by atoms with van der Waals surface area (Å²) in [6.07, 6.45) is 4.61. The minimum atomic E-state index is 0.486. The van der Waals surface area contributed by atoms with Crippen LogP contribution in [0.5, 0.6) is 0 Å². The molecular formula is C14H13N5O. The lowest BCUT2D eigenvalue weighted by Crippen LogP contribution is -1.93. The molecule has 6 nitrogen and oxygen atoms in total. The second-order valence-electron chi connectivity index (χ2n) is 4.35. The molecule has 2 aromatic heterocycles. The van der Waals surface area contributed by atoms with Gasteiger partial charge in [0.1, 0.15) is 12.0 Å². The number of nitrogens with zero attached hydrogens (tertiary/aromatic N) is 4. The number of rotatable bonds is 4. The van der Waals surface area contributed by atoms with Crippen LogP contribution in [0.15, 0.2) is 47.4 Å². The molecule has 0 aliphatic rings. The third kappa shape index (κ3) is 2.80. The zero-order chi connectivity index (χ0) is 13.8. The molecule has 0 saturated heterocycles.